The Balaban J connectivity index is 2.01. The van der Waals surface area contributed by atoms with Crippen LogP contribution in [0.2, 0.25) is 0 Å². The highest BCUT2D eigenvalue weighted by Gasteiger charge is 2.37. The van der Waals surface area contributed by atoms with Crippen LogP contribution in [0, 0.1) is 0 Å². The second-order valence-electron chi connectivity index (χ2n) is 8.65. The van der Waals surface area contributed by atoms with Crippen LogP contribution in [0.3, 0.4) is 0 Å². The molecule has 5 aromatic rings. The van der Waals surface area contributed by atoms with Gasteiger partial charge in [-0.25, -0.2) is 4.98 Å². The first-order valence-corrected chi connectivity index (χ1v) is 13.5. The molecule has 1 heterocycles. The predicted octanol–water partition coefficient (Wildman–Crippen LogP) is 7.42. The molecule has 1 aromatic heterocycles. The highest BCUT2D eigenvalue weighted by atomic mass is 31.2. The topological polar surface area (TPSA) is 12.9 Å². The van der Waals surface area contributed by atoms with Gasteiger partial charge in [-0.1, -0.05) is 103 Å². The number of nitrogens with zero attached hydrogens (tertiary/aromatic N) is 1. The van der Waals surface area contributed by atoms with Gasteiger partial charge in [-0.3, -0.25) is 0 Å². The van der Waals surface area contributed by atoms with E-state index in [1.54, 1.807) is 5.80 Å². The average Bonchev–Trinajstić information content (AvgIpc) is 2.91. The molecule has 0 aliphatic rings. The molecule has 38 heavy (non-hydrogen) atoms. The van der Waals surface area contributed by atoms with Crippen LogP contribution in [-0.4, -0.2) is 10.8 Å². The zero-order chi connectivity index (χ0) is 27.0. The van der Waals surface area contributed by atoms with E-state index in [1.807, 2.05) is 91.0 Å². The van der Waals surface area contributed by atoms with Crippen molar-refractivity contribution < 1.29 is 26.3 Å². The third-order valence-electron chi connectivity index (χ3n) is 6.29. The fourth-order valence-corrected chi connectivity index (χ4v) is 8.52. The molecule has 4 aromatic carbocycles. The van der Waals surface area contributed by atoms with Gasteiger partial charge < -0.3 is 0 Å². The van der Waals surface area contributed by atoms with Crippen LogP contribution in [-0.2, 0) is 12.4 Å². The minimum atomic E-state index is -4.94. The molecule has 8 heteroatoms. The van der Waals surface area contributed by atoms with Crippen molar-refractivity contribution in [3.63, 3.8) is 0 Å². The normalized spacial score (nSPS) is 12.5. The van der Waals surface area contributed by atoms with Crippen molar-refractivity contribution in [3.05, 3.63) is 132 Å². The Bertz CT molecular complexity index is 1520. The first-order chi connectivity index (χ1) is 18.1. The van der Waals surface area contributed by atoms with Crippen LogP contribution in [0.25, 0.3) is 10.9 Å². The number of pyridine rings is 1. The minimum Gasteiger partial charge on any atom is -0.243 e. The summed E-state index contributed by atoms with van der Waals surface area (Å²) >= 11 is 0. The maximum Gasteiger partial charge on any atom is 0.433 e. The molecule has 0 N–H and O–H groups in total. The third kappa shape index (κ3) is 4.74. The molecule has 0 radical (unpaired) electrons. The van der Waals surface area contributed by atoms with E-state index in [2.05, 4.69) is 4.98 Å². The van der Waals surface area contributed by atoms with Crippen molar-refractivity contribution in [2.45, 2.75) is 12.4 Å². The van der Waals surface area contributed by atoms with Crippen molar-refractivity contribution in [1.82, 2.24) is 4.98 Å². The molecule has 192 valence electrons. The molecule has 0 saturated heterocycles. The van der Waals surface area contributed by atoms with Crippen LogP contribution in [0.15, 0.2) is 115 Å². The molecule has 0 amide bonds. The summed E-state index contributed by atoms with van der Waals surface area (Å²) in [6.45, 7) is -2.81. The number of benzene rings is 4. The van der Waals surface area contributed by atoms with E-state index in [1.165, 1.54) is 12.1 Å². The Morgan fingerprint density at radius 2 is 1.03 bits per heavy atom. The van der Waals surface area contributed by atoms with Crippen LogP contribution in [0.1, 0.15) is 16.8 Å². The molecule has 0 fully saturated rings. The second-order valence-corrected chi connectivity index (χ2v) is 11.9. The van der Waals surface area contributed by atoms with Gasteiger partial charge in [-0.2, -0.15) is 26.3 Å². The van der Waals surface area contributed by atoms with E-state index < -0.39 is 36.0 Å². The Kier molecular flexibility index (Phi) is 6.66. The average molecular weight is 539 g/mol. The van der Waals surface area contributed by atoms with Crippen molar-refractivity contribution >= 4 is 39.5 Å². The van der Waals surface area contributed by atoms with Crippen molar-refractivity contribution in [2.24, 2.45) is 0 Å². The molecule has 0 unspecified atom stereocenters. The van der Waals surface area contributed by atoms with Crippen molar-refractivity contribution in [3.8, 4) is 0 Å². The molecule has 0 aliphatic heterocycles. The van der Waals surface area contributed by atoms with Gasteiger partial charge in [-0.05, 0) is 46.3 Å². The lowest BCUT2D eigenvalue weighted by Crippen LogP contribution is -2.27. The summed E-state index contributed by atoms with van der Waals surface area (Å²) in [6.07, 6.45) is -9.82. The summed E-state index contributed by atoms with van der Waals surface area (Å²) in [5, 5.41) is 2.55. The highest BCUT2D eigenvalue weighted by Crippen LogP contribution is 2.46. The monoisotopic (exact) mass is 539 g/mol. The summed E-state index contributed by atoms with van der Waals surface area (Å²) in [6, 6.07) is 32.2. The molecule has 0 aliphatic carbocycles. The van der Waals surface area contributed by atoms with Crippen LogP contribution in [0.5, 0.6) is 0 Å². The lowest BCUT2D eigenvalue weighted by molar-refractivity contribution is -0.142. The lowest BCUT2D eigenvalue weighted by Gasteiger charge is -2.29. The largest absolute Gasteiger partial charge is 0.433 e. The molecule has 1 nitrogen and oxygen atoms in total. The van der Waals surface area contributed by atoms with Gasteiger partial charge in [0.25, 0.3) is 0 Å². The number of hydrogen-bond acceptors (Lipinski definition) is 1. The summed E-state index contributed by atoms with van der Waals surface area (Å²) in [5.74, 6) is 1.73. The number of aromatic nitrogens is 1. The smallest absolute Gasteiger partial charge is 0.243 e. The van der Waals surface area contributed by atoms with E-state index in [9.17, 15) is 26.3 Å². The van der Waals surface area contributed by atoms with E-state index in [0.29, 0.717) is 0 Å². The van der Waals surface area contributed by atoms with E-state index >= 15 is 0 Å². The summed E-state index contributed by atoms with van der Waals surface area (Å²) in [4.78, 5) is 3.47. The number of para-hydroxylation sites is 1. The third-order valence-corrected chi connectivity index (χ3v) is 10.3. The molecule has 5 rings (SSSR count). The van der Waals surface area contributed by atoms with Crippen LogP contribution >= 0.6 is 6.89 Å². The maximum atomic E-state index is 14.0. The predicted molar refractivity (Wildman–Crippen MR) is 142 cm³/mol. The SMILES string of the molecule is FC(F)(F)c1cc(C=P(c2ccccc2)(c2ccccc2)c2ccccc2)c2cccc(C(F)(F)F)c2n1. The van der Waals surface area contributed by atoms with Gasteiger partial charge in [0.2, 0.25) is 0 Å². The zero-order valence-electron chi connectivity index (χ0n) is 19.7. The zero-order valence-corrected chi connectivity index (χ0v) is 20.6. The molecule has 0 spiro atoms. The first kappa shape index (κ1) is 25.8. The molecule has 0 saturated carbocycles. The standard InChI is InChI=1S/C30H20F6NP/c31-29(32,33)26-18-10-17-25-21(19-27(30(34,35)36)37-28(25)26)20-38(22-11-4-1-5-12-22,23-13-6-2-7-14-23)24-15-8-3-9-16-24/h1-20H. The summed E-state index contributed by atoms with van der Waals surface area (Å²) in [7, 11) is 0. The fourth-order valence-electron chi connectivity index (χ4n) is 4.62. The minimum absolute atomic E-state index is 0.00000614. The second kappa shape index (κ2) is 9.80. The molecular weight excluding hydrogens is 519 g/mol. The van der Waals surface area contributed by atoms with Crippen molar-refractivity contribution in [1.29, 1.82) is 0 Å². The number of hydrogen-bond donors (Lipinski definition) is 0. The van der Waals surface area contributed by atoms with Crippen LogP contribution < -0.4 is 15.9 Å². The van der Waals surface area contributed by atoms with E-state index in [0.717, 1.165) is 28.0 Å². The van der Waals surface area contributed by atoms with Gasteiger partial charge in [-0.15, -0.1) is 0 Å². The Morgan fingerprint density at radius 1 is 0.553 bits per heavy atom. The Labute approximate surface area is 215 Å². The van der Waals surface area contributed by atoms with Gasteiger partial charge in [0, 0.05) is 5.39 Å². The quantitative estimate of drug-likeness (QED) is 0.171. The van der Waals surface area contributed by atoms with Gasteiger partial charge >= 0.3 is 12.4 Å². The Hall–Kier alpha value is -3.83. The number of fused-ring (bicyclic) bond motifs is 1. The van der Waals surface area contributed by atoms with Crippen LogP contribution in [0.4, 0.5) is 26.3 Å². The van der Waals surface area contributed by atoms with E-state index in [-0.39, 0.29) is 10.9 Å². The van der Waals surface area contributed by atoms with E-state index in [4.69, 9.17) is 0 Å². The fraction of sp³-hybridized carbons (Fsp3) is 0.0667. The first-order valence-electron chi connectivity index (χ1n) is 11.6. The lowest BCUT2D eigenvalue weighted by atomic mass is 10.0. The number of halogens is 6. The molecule has 0 bridgehead atoms. The summed E-state index contributed by atoms with van der Waals surface area (Å²) in [5.41, 5.74) is -3.27. The highest BCUT2D eigenvalue weighted by molar-refractivity contribution is 7.94. The molecular formula is C30H20F6NP. The number of alkyl halides is 6. The molecule has 0 atom stereocenters. The maximum absolute atomic E-state index is 14.0. The van der Waals surface area contributed by atoms with Gasteiger partial charge in [0.1, 0.15) is 5.69 Å². The summed E-state index contributed by atoms with van der Waals surface area (Å²) < 4.78 is 83.6. The van der Waals surface area contributed by atoms with Gasteiger partial charge in [0.15, 0.2) is 0 Å². The Morgan fingerprint density at radius 3 is 1.45 bits per heavy atom. The number of rotatable bonds is 4. The van der Waals surface area contributed by atoms with Gasteiger partial charge in [0.05, 0.1) is 11.1 Å². The van der Waals surface area contributed by atoms with Crippen molar-refractivity contribution in [2.75, 3.05) is 0 Å².